The van der Waals surface area contributed by atoms with E-state index in [1.54, 1.807) is 28.9 Å². The minimum Gasteiger partial charge on any atom is -0.450 e. The largest absolute Gasteiger partial charge is 0.450 e. The van der Waals surface area contributed by atoms with Crippen molar-refractivity contribution in [3.05, 3.63) is 48.2 Å². The van der Waals surface area contributed by atoms with Crippen molar-refractivity contribution in [2.75, 3.05) is 38.1 Å². The van der Waals surface area contributed by atoms with E-state index < -0.39 is 0 Å². The molecule has 1 aliphatic heterocycles. The fourth-order valence-electron chi connectivity index (χ4n) is 2.73. The maximum Gasteiger partial charge on any atom is 0.409 e. The quantitative estimate of drug-likeness (QED) is 0.885. The first-order chi connectivity index (χ1) is 13.1. The van der Waals surface area contributed by atoms with Gasteiger partial charge in [0, 0.05) is 37.9 Å². The van der Waals surface area contributed by atoms with Crippen LogP contribution in [0.3, 0.4) is 0 Å². The molecule has 27 heavy (non-hydrogen) atoms. The average molecular weight is 373 g/mol. The summed E-state index contributed by atoms with van der Waals surface area (Å²) < 4.78 is 18.3. The summed E-state index contributed by atoms with van der Waals surface area (Å²) >= 11 is 0. The number of carbonyl (C=O) groups is 2. The molecular weight excluding hydrogens is 353 g/mol. The van der Waals surface area contributed by atoms with Gasteiger partial charge in [-0.05, 0) is 25.1 Å². The summed E-state index contributed by atoms with van der Waals surface area (Å²) in [4.78, 5) is 35.7. The van der Waals surface area contributed by atoms with Gasteiger partial charge < -0.3 is 19.9 Å². The predicted octanol–water partition coefficient (Wildman–Crippen LogP) is 2.27. The first-order valence-electron chi connectivity index (χ1n) is 8.62. The zero-order valence-electron chi connectivity index (χ0n) is 14.9. The summed E-state index contributed by atoms with van der Waals surface area (Å²) in [5.74, 6) is -0.225. The van der Waals surface area contributed by atoms with Gasteiger partial charge in [-0.25, -0.2) is 19.2 Å². The molecule has 1 aromatic carbocycles. The molecule has 8 nitrogen and oxygen atoms in total. The molecule has 2 aromatic rings. The van der Waals surface area contributed by atoms with Gasteiger partial charge in [-0.15, -0.1) is 0 Å². The van der Waals surface area contributed by atoms with Crippen LogP contribution < -0.4 is 5.32 Å². The zero-order chi connectivity index (χ0) is 19.2. The Labute approximate surface area is 156 Å². The molecule has 142 valence electrons. The van der Waals surface area contributed by atoms with Crippen molar-refractivity contribution in [3.8, 4) is 0 Å². The molecule has 2 heterocycles. The van der Waals surface area contributed by atoms with Crippen LogP contribution in [0, 0.1) is 5.82 Å². The number of hydrogen-bond donors (Lipinski definition) is 1. The van der Waals surface area contributed by atoms with Crippen LogP contribution in [0.25, 0.3) is 0 Å². The molecule has 1 fully saturated rings. The lowest BCUT2D eigenvalue weighted by Gasteiger charge is -2.33. The highest BCUT2D eigenvalue weighted by atomic mass is 19.1. The number of carbonyl (C=O) groups excluding carboxylic acids is 2. The third kappa shape index (κ3) is 4.69. The number of hydrogen-bond acceptors (Lipinski definition) is 6. The molecule has 0 radical (unpaired) electrons. The van der Waals surface area contributed by atoms with Gasteiger partial charge in [0.2, 0.25) is 0 Å². The van der Waals surface area contributed by atoms with Crippen LogP contribution in [0.2, 0.25) is 0 Å². The minimum absolute atomic E-state index is 0.230. The molecule has 0 atom stereocenters. The van der Waals surface area contributed by atoms with Gasteiger partial charge in [0.25, 0.3) is 5.91 Å². The molecule has 0 spiro atoms. The number of aromatic nitrogens is 2. The normalized spacial score (nSPS) is 14.0. The van der Waals surface area contributed by atoms with Gasteiger partial charge in [0.15, 0.2) is 0 Å². The molecule has 0 bridgehead atoms. The Kier molecular flexibility index (Phi) is 5.80. The van der Waals surface area contributed by atoms with Crippen LogP contribution in [0.5, 0.6) is 0 Å². The van der Waals surface area contributed by atoms with Crippen molar-refractivity contribution in [1.29, 1.82) is 0 Å². The lowest BCUT2D eigenvalue weighted by Crippen LogP contribution is -2.50. The number of rotatable bonds is 4. The van der Waals surface area contributed by atoms with E-state index in [4.69, 9.17) is 4.74 Å². The van der Waals surface area contributed by atoms with Crippen molar-refractivity contribution < 1.29 is 18.7 Å². The summed E-state index contributed by atoms with van der Waals surface area (Å²) in [6.07, 6.45) is 0.914. The van der Waals surface area contributed by atoms with Crippen LogP contribution in [0.4, 0.5) is 20.7 Å². The zero-order valence-corrected chi connectivity index (χ0v) is 14.9. The predicted molar refractivity (Wildman–Crippen MR) is 96.2 cm³/mol. The van der Waals surface area contributed by atoms with Crippen molar-refractivity contribution in [1.82, 2.24) is 19.8 Å². The first kappa shape index (κ1) is 18.6. The molecule has 1 saturated heterocycles. The van der Waals surface area contributed by atoms with E-state index in [-0.39, 0.29) is 23.5 Å². The third-order valence-corrected chi connectivity index (χ3v) is 4.08. The molecule has 0 saturated carbocycles. The molecule has 1 aliphatic rings. The van der Waals surface area contributed by atoms with Crippen molar-refractivity contribution in [2.45, 2.75) is 6.92 Å². The monoisotopic (exact) mass is 373 g/mol. The van der Waals surface area contributed by atoms with Gasteiger partial charge in [-0.2, -0.15) is 0 Å². The van der Waals surface area contributed by atoms with Crippen LogP contribution in [0.1, 0.15) is 17.4 Å². The Morgan fingerprint density at radius 1 is 1.15 bits per heavy atom. The summed E-state index contributed by atoms with van der Waals surface area (Å²) in [5.41, 5.74) is 0.753. The lowest BCUT2D eigenvalue weighted by atomic mass is 10.2. The molecule has 3 rings (SSSR count). The summed E-state index contributed by atoms with van der Waals surface area (Å²) in [5, 5.41) is 2.95. The summed E-state index contributed by atoms with van der Waals surface area (Å²) in [6, 6.07) is 7.47. The molecule has 1 aromatic heterocycles. The number of ether oxygens (including phenoxy) is 1. The fraction of sp³-hybridized carbons (Fsp3) is 0.333. The lowest BCUT2D eigenvalue weighted by molar-refractivity contribution is 0.0566. The number of halogens is 1. The van der Waals surface area contributed by atoms with E-state index in [2.05, 4.69) is 15.3 Å². The molecule has 0 aliphatic carbocycles. The Morgan fingerprint density at radius 2 is 1.89 bits per heavy atom. The second kappa shape index (κ2) is 8.43. The van der Waals surface area contributed by atoms with Crippen molar-refractivity contribution in [2.24, 2.45) is 0 Å². The Morgan fingerprint density at radius 3 is 2.59 bits per heavy atom. The van der Waals surface area contributed by atoms with Crippen LogP contribution in [0.15, 0.2) is 36.7 Å². The highest BCUT2D eigenvalue weighted by Gasteiger charge is 2.26. The molecular formula is C18H20FN5O3. The first-order valence-corrected chi connectivity index (χ1v) is 8.62. The van der Waals surface area contributed by atoms with Crippen molar-refractivity contribution >= 4 is 23.5 Å². The van der Waals surface area contributed by atoms with Gasteiger partial charge in [0.1, 0.15) is 23.7 Å². The van der Waals surface area contributed by atoms with Gasteiger partial charge in [-0.1, -0.05) is 6.07 Å². The number of amides is 2. The second-order valence-electron chi connectivity index (χ2n) is 5.90. The Balaban J connectivity index is 1.63. The Bertz CT molecular complexity index is 824. The van der Waals surface area contributed by atoms with Crippen LogP contribution in [-0.2, 0) is 4.74 Å². The maximum atomic E-state index is 13.3. The van der Waals surface area contributed by atoms with Gasteiger partial charge in [0.05, 0.1) is 6.61 Å². The number of anilines is 2. The second-order valence-corrected chi connectivity index (χ2v) is 5.90. The number of nitrogens with zero attached hydrogens (tertiary/aromatic N) is 4. The number of nitrogens with one attached hydrogen (secondary N) is 1. The fourth-order valence-corrected chi connectivity index (χ4v) is 2.73. The molecule has 9 heteroatoms. The number of piperazine rings is 1. The summed E-state index contributed by atoms with van der Waals surface area (Å²) in [6.45, 7) is 3.68. The van der Waals surface area contributed by atoms with E-state index >= 15 is 0 Å². The maximum absolute atomic E-state index is 13.3. The van der Waals surface area contributed by atoms with E-state index in [0.717, 1.165) is 0 Å². The highest BCUT2D eigenvalue weighted by molar-refractivity contribution is 5.93. The van der Waals surface area contributed by atoms with E-state index in [1.165, 1.54) is 24.5 Å². The van der Waals surface area contributed by atoms with Crippen LogP contribution >= 0.6 is 0 Å². The molecule has 2 amide bonds. The minimum atomic E-state index is -0.371. The van der Waals surface area contributed by atoms with Crippen LogP contribution in [-0.4, -0.2) is 64.6 Å². The summed E-state index contributed by atoms with van der Waals surface area (Å²) in [7, 11) is 0. The molecule has 1 N–H and O–H groups in total. The van der Waals surface area contributed by atoms with Crippen molar-refractivity contribution in [3.63, 3.8) is 0 Å². The van der Waals surface area contributed by atoms with Gasteiger partial charge >= 0.3 is 6.09 Å². The third-order valence-electron chi connectivity index (χ3n) is 4.08. The van der Waals surface area contributed by atoms with E-state index in [9.17, 15) is 14.0 Å². The number of benzene rings is 1. The Hall–Kier alpha value is -3.23. The smallest absolute Gasteiger partial charge is 0.409 e. The highest BCUT2D eigenvalue weighted by Crippen LogP contribution is 2.16. The van der Waals surface area contributed by atoms with E-state index in [0.29, 0.717) is 44.3 Å². The van der Waals surface area contributed by atoms with E-state index in [1.807, 2.05) is 0 Å². The SMILES string of the molecule is CCOC(=O)N1CCN(C(=O)c2cc(Nc3cccc(F)c3)ncn2)CC1. The average Bonchev–Trinajstić information content (AvgIpc) is 2.68. The van der Waals surface area contributed by atoms with Gasteiger partial charge in [-0.3, -0.25) is 4.79 Å². The molecule has 0 unspecified atom stereocenters. The topological polar surface area (TPSA) is 87.7 Å². The standard InChI is InChI=1S/C18H20FN5O3/c1-2-27-18(26)24-8-6-23(7-9-24)17(25)15-11-16(21-12-20-15)22-14-5-3-4-13(19)10-14/h3-5,10-12H,2,6-9H2,1H3,(H,20,21,22).